The fraction of sp³-hybridized carbons (Fsp3) is 0.296. The summed E-state index contributed by atoms with van der Waals surface area (Å²) in [5.74, 6) is -0.129. The summed E-state index contributed by atoms with van der Waals surface area (Å²) in [6.45, 7) is 9.41. The highest BCUT2D eigenvalue weighted by Crippen LogP contribution is 2.30. The number of hydrogen-bond acceptors (Lipinski definition) is 5. The summed E-state index contributed by atoms with van der Waals surface area (Å²) < 4.78 is 1.53. The number of carbonyl (C=O) groups excluding carboxylic acids is 1. The number of anilines is 1. The first kappa shape index (κ1) is 23.9. The van der Waals surface area contributed by atoms with Gasteiger partial charge in [0, 0.05) is 36.1 Å². The van der Waals surface area contributed by atoms with E-state index < -0.39 is 0 Å². The number of carbonyl (C=O) groups is 1. The van der Waals surface area contributed by atoms with Gasteiger partial charge in [0.25, 0.3) is 5.56 Å². The Kier molecular flexibility index (Phi) is 7.55. The number of hydrogen-bond donors (Lipinski definition) is 1. The summed E-state index contributed by atoms with van der Waals surface area (Å²) in [5.41, 5.74) is 4.87. The van der Waals surface area contributed by atoms with Gasteiger partial charge in [0.05, 0.1) is 11.7 Å². The van der Waals surface area contributed by atoms with E-state index in [9.17, 15) is 9.59 Å². The molecule has 1 amide bonds. The van der Waals surface area contributed by atoms with Crippen molar-refractivity contribution in [2.24, 2.45) is 0 Å². The molecule has 2 aromatic heterocycles. The van der Waals surface area contributed by atoms with Crippen LogP contribution in [-0.4, -0.2) is 33.4 Å². The van der Waals surface area contributed by atoms with Crippen molar-refractivity contribution >= 4 is 33.1 Å². The zero-order valence-electron chi connectivity index (χ0n) is 19.9. The number of benzene rings is 2. The lowest BCUT2D eigenvalue weighted by molar-refractivity contribution is -0.116. The van der Waals surface area contributed by atoms with Crippen LogP contribution in [0.1, 0.15) is 31.4 Å². The van der Waals surface area contributed by atoms with Gasteiger partial charge >= 0.3 is 0 Å². The second kappa shape index (κ2) is 10.8. The Hall–Kier alpha value is -3.29. The molecule has 2 aromatic carbocycles. The molecule has 176 valence electrons. The summed E-state index contributed by atoms with van der Waals surface area (Å²) >= 11 is 1.46. The molecule has 34 heavy (non-hydrogen) atoms. The standard InChI is InChI=1S/C27H30N4O2S/c1-4-30(5-2)16-20-7-6-8-22(15-20)29-24(32)13-14-31-18-28-26-25(27(31)33)23(17-34-26)21-11-9-19(3)10-12-21/h6-12,15,17-18H,4-5,13-14,16H2,1-3H3,(H,29,32). The maximum absolute atomic E-state index is 13.2. The molecule has 2 heterocycles. The van der Waals surface area contributed by atoms with Crippen molar-refractivity contribution in [2.45, 2.75) is 40.3 Å². The molecule has 7 heteroatoms. The van der Waals surface area contributed by atoms with E-state index in [0.717, 1.165) is 42.0 Å². The van der Waals surface area contributed by atoms with Crippen LogP contribution in [0.3, 0.4) is 0 Å². The molecule has 0 atom stereocenters. The molecule has 4 rings (SSSR count). The van der Waals surface area contributed by atoms with Gasteiger partial charge < -0.3 is 5.32 Å². The SMILES string of the molecule is CCN(CC)Cc1cccc(NC(=O)CCn2cnc3scc(-c4ccc(C)cc4)c3c2=O)c1. The molecule has 4 aromatic rings. The Balaban J connectivity index is 1.46. The van der Waals surface area contributed by atoms with Crippen LogP contribution in [0.5, 0.6) is 0 Å². The van der Waals surface area contributed by atoms with Crippen LogP contribution in [0.15, 0.2) is 65.0 Å². The van der Waals surface area contributed by atoms with Crippen LogP contribution in [0, 0.1) is 6.92 Å². The van der Waals surface area contributed by atoms with Gasteiger partial charge in [-0.25, -0.2) is 4.98 Å². The lowest BCUT2D eigenvalue weighted by Crippen LogP contribution is -2.24. The second-order valence-electron chi connectivity index (χ2n) is 8.40. The Morgan fingerprint density at radius 2 is 1.88 bits per heavy atom. The average molecular weight is 475 g/mol. The summed E-state index contributed by atoms with van der Waals surface area (Å²) in [5, 5.41) is 5.55. The molecule has 0 fully saturated rings. The van der Waals surface area contributed by atoms with Gasteiger partial charge in [-0.2, -0.15) is 0 Å². The van der Waals surface area contributed by atoms with Gasteiger partial charge in [0.2, 0.25) is 5.91 Å². The Labute approximate surface area is 203 Å². The third-order valence-electron chi connectivity index (χ3n) is 6.01. The zero-order chi connectivity index (χ0) is 24.1. The van der Waals surface area contributed by atoms with Crippen molar-refractivity contribution in [3.8, 4) is 11.1 Å². The summed E-state index contributed by atoms with van der Waals surface area (Å²) in [6.07, 6.45) is 1.73. The molecular formula is C27H30N4O2S. The number of nitrogens with one attached hydrogen (secondary N) is 1. The van der Waals surface area contributed by atoms with Gasteiger partial charge in [0.1, 0.15) is 4.83 Å². The van der Waals surface area contributed by atoms with E-state index in [2.05, 4.69) is 35.1 Å². The lowest BCUT2D eigenvalue weighted by Gasteiger charge is -2.18. The quantitative estimate of drug-likeness (QED) is 0.357. The van der Waals surface area contributed by atoms with Crippen molar-refractivity contribution < 1.29 is 4.79 Å². The van der Waals surface area contributed by atoms with Crippen molar-refractivity contribution in [3.63, 3.8) is 0 Å². The van der Waals surface area contributed by atoms with E-state index in [1.807, 2.05) is 54.8 Å². The Morgan fingerprint density at radius 1 is 1.12 bits per heavy atom. The Morgan fingerprint density at radius 3 is 2.62 bits per heavy atom. The third-order valence-corrected chi connectivity index (χ3v) is 6.90. The van der Waals surface area contributed by atoms with E-state index in [-0.39, 0.29) is 24.4 Å². The van der Waals surface area contributed by atoms with Crippen molar-refractivity contribution in [1.29, 1.82) is 0 Å². The summed E-state index contributed by atoms with van der Waals surface area (Å²) in [7, 11) is 0. The van der Waals surface area contributed by atoms with Crippen LogP contribution < -0.4 is 10.9 Å². The van der Waals surface area contributed by atoms with E-state index >= 15 is 0 Å². The second-order valence-corrected chi connectivity index (χ2v) is 9.26. The number of aryl methyl sites for hydroxylation is 2. The van der Waals surface area contributed by atoms with Gasteiger partial charge in [-0.3, -0.25) is 19.1 Å². The molecule has 0 bridgehead atoms. The first-order chi connectivity index (χ1) is 16.5. The smallest absolute Gasteiger partial charge is 0.262 e. The summed E-state index contributed by atoms with van der Waals surface area (Å²) in [6, 6.07) is 16.0. The van der Waals surface area contributed by atoms with Crippen LogP contribution in [0.25, 0.3) is 21.3 Å². The fourth-order valence-electron chi connectivity index (χ4n) is 3.97. The predicted molar refractivity (Wildman–Crippen MR) is 140 cm³/mol. The number of fused-ring (bicyclic) bond motifs is 1. The number of rotatable bonds is 9. The predicted octanol–water partition coefficient (Wildman–Crippen LogP) is 5.30. The molecule has 0 unspecified atom stereocenters. The molecule has 0 radical (unpaired) electrons. The minimum Gasteiger partial charge on any atom is -0.326 e. The fourth-order valence-corrected chi connectivity index (χ4v) is 4.88. The average Bonchev–Trinajstić information content (AvgIpc) is 3.28. The number of aromatic nitrogens is 2. The number of amides is 1. The maximum atomic E-state index is 13.2. The highest BCUT2D eigenvalue weighted by Gasteiger charge is 2.14. The molecule has 1 N–H and O–H groups in total. The third kappa shape index (κ3) is 5.43. The molecule has 0 aliphatic carbocycles. The number of thiophene rings is 1. The maximum Gasteiger partial charge on any atom is 0.262 e. The van der Waals surface area contributed by atoms with Crippen molar-refractivity contribution in [3.05, 3.63) is 81.7 Å². The lowest BCUT2D eigenvalue weighted by atomic mass is 10.1. The first-order valence-electron chi connectivity index (χ1n) is 11.6. The van der Waals surface area contributed by atoms with E-state index in [0.29, 0.717) is 10.2 Å². The van der Waals surface area contributed by atoms with Gasteiger partial charge in [-0.05, 0) is 43.3 Å². The van der Waals surface area contributed by atoms with Crippen LogP contribution in [0.4, 0.5) is 5.69 Å². The van der Waals surface area contributed by atoms with Gasteiger partial charge in [0.15, 0.2) is 0 Å². The zero-order valence-corrected chi connectivity index (χ0v) is 20.7. The normalized spacial score (nSPS) is 11.3. The highest BCUT2D eigenvalue weighted by molar-refractivity contribution is 7.17. The number of nitrogens with zero attached hydrogens (tertiary/aromatic N) is 3. The Bertz CT molecular complexity index is 1340. The van der Waals surface area contributed by atoms with Crippen LogP contribution in [-0.2, 0) is 17.9 Å². The molecule has 0 aliphatic rings. The molecule has 0 saturated carbocycles. The van der Waals surface area contributed by atoms with E-state index in [4.69, 9.17) is 0 Å². The van der Waals surface area contributed by atoms with E-state index in [1.54, 1.807) is 0 Å². The highest BCUT2D eigenvalue weighted by atomic mass is 32.1. The van der Waals surface area contributed by atoms with Crippen molar-refractivity contribution in [2.75, 3.05) is 18.4 Å². The van der Waals surface area contributed by atoms with Gasteiger partial charge in [-0.1, -0.05) is 55.8 Å². The van der Waals surface area contributed by atoms with Gasteiger partial charge in [-0.15, -0.1) is 11.3 Å². The monoisotopic (exact) mass is 474 g/mol. The minimum atomic E-state index is -0.129. The van der Waals surface area contributed by atoms with Crippen LogP contribution in [0.2, 0.25) is 0 Å². The van der Waals surface area contributed by atoms with E-state index in [1.165, 1.54) is 27.8 Å². The van der Waals surface area contributed by atoms with Crippen molar-refractivity contribution in [1.82, 2.24) is 14.5 Å². The molecule has 6 nitrogen and oxygen atoms in total. The molecule has 0 spiro atoms. The minimum absolute atomic E-state index is 0.115. The molecule has 0 saturated heterocycles. The first-order valence-corrected chi connectivity index (χ1v) is 12.5. The van der Waals surface area contributed by atoms with Crippen LogP contribution >= 0.6 is 11.3 Å². The largest absolute Gasteiger partial charge is 0.326 e. The molecule has 0 aliphatic heterocycles. The summed E-state index contributed by atoms with van der Waals surface area (Å²) in [4.78, 5) is 33.3. The topological polar surface area (TPSA) is 67.2 Å². The molecular weight excluding hydrogens is 444 g/mol.